The Hall–Kier alpha value is -3.32. The van der Waals surface area contributed by atoms with Crippen LogP contribution < -0.4 is 9.64 Å². The van der Waals surface area contributed by atoms with Gasteiger partial charge in [-0.3, -0.25) is 4.79 Å². The molecule has 1 fully saturated rings. The van der Waals surface area contributed by atoms with Gasteiger partial charge < -0.3 is 19.7 Å². The smallest absolute Gasteiger partial charge is 0.480 e. The van der Waals surface area contributed by atoms with Gasteiger partial charge in [0.1, 0.15) is 11.8 Å². The Morgan fingerprint density at radius 3 is 2.44 bits per heavy atom. The van der Waals surface area contributed by atoms with Crippen molar-refractivity contribution < 1.29 is 36.2 Å². The van der Waals surface area contributed by atoms with Crippen LogP contribution >= 0.6 is 0 Å². The van der Waals surface area contributed by atoms with Crippen molar-refractivity contribution in [2.45, 2.75) is 17.3 Å². The summed E-state index contributed by atoms with van der Waals surface area (Å²) in [5.74, 6) is -1.52. The van der Waals surface area contributed by atoms with E-state index in [-0.39, 0.29) is 24.5 Å². The number of rotatable bonds is 5. The average molecular weight is 470 g/mol. The van der Waals surface area contributed by atoms with E-state index >= 15 is 0 Å². The molecule has 3 aromatic rings. The number of piperazine rings is 1. The number of carboxylic acids is 1. The van der Waals surface area contributed by atoms with Gasteiger partial charge >= 0.3 is 12.3 Å². The molecule has 0 unspecified atom stereocenters. The molecule has 0 bridgehead atoms. The third-order valence-electron chi connectivity index (χ3n) is 4.96. The lowest BCUT2D eigenvalue weighted by atomic mass is 10.2. The van der Waals surface area contributed by atoms with E-state index in [1.54, 1.807) is 11.0 Å². The van der Waals surface area contributed by atoms with Gasteiger partial charge in [-0.25, -0.2) is 13.4 Å². The molecule has 2 aromatic carbocycles. The van der Waals surface area contributed by atoms with Gasteiger partial charge in [0, 0.05) is 19.6 Å². The topological polar surface area (TPSA) is 116 Å². The highest BCUT2D eigenvalue weighted by atomic mass is 32.2. The van der Waals surface area contributed by atoms with Crippen molar-refractivity contribution in [2.24, 2.45) is 0 Å². The number of alkyl halides is 3. The zero-order valence-electron chi connectivity index (χ0n) is 16.3. The number of carboxylic acid groups (broad SMARTS) is 1. The lowest BCUT2D eigenvalue weighted by Gasteiger charge is -2.38. The molecule has 1 aromatic heterocycles. The fourth-order valence-electron chi connectivity index (χ4n) is 3.49. The lowest BCUT2D eigenvalue weighted by Crippen LogP contribution is -2.58. The van der Waals surface area contributed by atoms with Gasteiger partial charge in [-0.2, -0.15) is 4.31 Å². The van der Waals surface area contributed by atoms with Crippen molar-refractivity contribution in [1.29, 1.82) is 0 Å². The fraction of sp³-hybridized carbons (Fsp3) is 0.263. The Morgan fingerprint density at radius 2 is 1.81 bits per heavy atom. The number of imidazole rings is 1. The van der Waals surface area contributed by atoms with Gasteiger partial charge in [-0.15, -0.1) is 13.2 Å². The number of halogens is 3. The minimum atomic E-state index is -4.91. The van der Waals surface area contributed by atoms with Crippen LogP contribution in [0.1, 0.15) is 0 Å². The summed E-state index contributed by atoms with van der Waals surface area (Å²) in [7, 11) is -4.29. The zero-order valence-corrected chi connectivity index (χ0v) is 17.1. The van der Waals surface area contributed by atoms with Crippen LogP contribution in [0.4, 0.5) is 19.1 Å². The van der Waals surface area contributed by atoms with Gasteiger partial charge in [0.2, 0.25) is 16.0 Å². The predicted octanol–water partition coefficient (Wildman–Crippen LogP) is 2.43. The van der Waals surface area contributed by atoms with Crippen LogP contribution in [0.3, 0.4) is 0 Å². The van der Waals surface area contributed by atoms with Crippen LogP contribution in [0.5, 0.6) is 5.75 Å². The molecule has 0 aliphatic carbocycles. The number of sulfonamides is 1. The first-order valence-electron chi connectivity index (χ1n) is 9.35. The number of nitrogens with zero attached hydrogens (tertiary/aromatic N) is 3. The number of ether oxygens (including phenoxy) is 1. The maximum Gasteiger partial charge on any atom is 0.573 e. The van der Waals surface area contributed by atoms with Gasteiger partial charge in [-0.1, -0.05) is 12.1 Å². The molecule has 0 radical (unpaired) electrons. The number of para-hydroxylation sites is 2. The van der Waals surface area contributed by atoms with E-state index in [2.05, 4.69) is 14.7 Å². The molecule has 0 saturated carbocycles. The van der Waals surface area contributed by atoms with Crippen molar-refractivity contribution in [1.82, 2.24) is 14.3 Å². The first-order valence-corrected chi connectivity index (χ1v) is 10.8. The highest BCUT2D eigenvalue weighted by Crippen LogP contribution is 2.28. The molecule has 1 atom stereocenters. The summed E-state index contributed by atoms with van der Waals surface area (Å²) in [6.45, 7) is -0.154. The predicted molar refractivity (Wildman–Crippen MR) is 107 cm³/mol. The number of benzene rings is 2. The average Bonchev–Trinajstić information content (AvgIpc) is 3.17. The molecule has 13 heteroatoms. The molecule has 1 aliphatic rings. The quantitative estimate of drug-likeness (QED) is 0.588. The molecule has 170 valence electrons. The molecular weight excluding hydrogens is 453 g/mol. The number of aliphatic carboxylic acids is 1. The van der Waals surface area contributed by atoms with E-state index in [0.717, 1.165) is 34.1 Å². The number of carbonyl (C=O) groups is 1. The van der Waals surface area contributed by atoms with Crippen molar-refractivity contribution >= 4 is 33.0 Å². The van der Waals surface area contributed by atoms with Crippen molar-refractivity contribution in [3.05, 3.63) is 48.5 Å². The third kappa shape index (κ3) is 4.34. The molecular formula is C19H17F3N4O5S. The first-order chi connectivity index (χ1) is 15.0. The van der Waals surface area contributed by atoms with Gasteiger partial charge in [0.25, 0.3) is 0 Å². The summed E-state index contributed by atoms with van der Waals surface area (Å²) in [6, 6.07) is 9.42. The molecule has 9 nitrogen and oxygen atoms in total. The Morgan fingerprint density at radius 1 is 1.12 bits per heavy atom. The minimum Gasteiger partial charge on any atom is -0.480 e. The van der Waals surface area contributed by atoms with Gasteiger partial charge in [-0.05, 0) is 36.4 Å². The summed E-state index contributed by atoms with van der Waals surface area (Å²) in [6.07, 6.45) is -4.91. The van der Waals surface area contributed by atoms with Gasteiger partial charge in [0.05, 0.1) is 15.9 Å². The zero-order chi connectivity index (χ0) is 23.1. The van der Waals surface area contributed by atoms with E-state index in [4.69, 9.17) is 0 Å². The van der Waals surface area contributed by atoms with Crippen molar-refractivity contribution in [2.75, 3.05) is 24.5 Å². The maximum atomic E-state index is 13.0. The van der Waals surface area contributed by atoms with E-state index in [1.807, 2.05) is 18.2 Å². The van der Waals surface area contributed by atoms with Crippen molar-refractivity contribution in [3.63, 3.8) is 0 Å². The largest absolute Gasteiger partial charge is 0.573 e. The minimum absolute atomic E-state index is 0.156. The highest BCUT2D eigenvalue weighted by molar-refractivity contribution is 7.89. The van der Waals surface area contributed by atoms with E-state index in [0.29, 0.717) is 11.5 Å². The number of aromatic nitrogens is 2. The second-order valence-electron chi connectivity index (χ2n) is 7.01. The third-order valence-corrected chi connectivity index (χ3v) is 6.88. The lowest BCUT2D eigenvalue weighted by molar-refractivity contribution is -0.274. The first kappa shape index (κ1) is 21.9. The second-order valence-corrected chi connectivity index (χ2v) is 8.90. The SMILES string of the molecule is O=C(O)[C@H]1CN(c2nc3ccccc3[nH]2)CCN1S(=O)(=O)c1ccc(OC(F)(F)F)cc1. The molecule has 1 saturated heterocycles. The monoisotopic (exact) mass is 470 g/mol. The summed E-state index contributed by atoms with van der Waals surface area (Å²) in [5, 5.41) is 9.69. The maximum absolute atomic E-state index is 13.0. The number of aromatic amines is 1. The molecule has 1 aliphatic heterocycles. The van der Waals surface area contributed by atoms with Crippen LogP contribution in [0.15, 0.2) is 53.4 Å². The van der Waals surface area contributed by atoms with Crippen LogP contribution in [-0.4, -0.2) is 65.8 Å². The number of hydrogen-bond donors (Lipinski definition) is 2. The summed E-state index contributed by atoms with van der Waals surface area (Å²) < 4.78 is 67.6. The molecule has 32 heavy (non-hydrogen) atoms. The Labute approximate surface area is 180 Å². The second kappa shape index (κ2) is 7.98. The van der Waals surface area contributed by atoms with Gasteiger partial charge in [0.15, 0.2) is 0 Å². The van der Waals surface area contributed by atoms with Crippen LogP contribution in [-0.2, 0) is 14.8 Å². The van der Waals surface area contributed by atoms with Crippen LogP contribution in [0.2, 0.25) is 0 Å². The van der Waals surface area contributed by atoms with Crippen LogP contribution in [0.25, 0.3) is 11.0 Å². The van der Waals surface area contributed by atoms with E-state index in [1.165, 1.54) is 0 Å². The standard InChI is InChI=1S/C19H17F3N4O5S/c20-19(21,22)31-12-5-7-13(8-6-12)32(29,30)26-10-9-25(11-16(26)17(27)28)18-23-14-3-1-2-4-15(14)24-18/h1-8,16H,9-11H2,(H,23,24)(H,27,28)/t16-/m1/s1. The van der Waals surface area contributed by atoms with E-state index < -0.39 is 34.1 Å². The summed E-state index contributed by atoms with van der Waals surface area (Å²) >= 11 is 0. The number of hydrogen-bond acceptors (Lipinski definition) is 6. The Kier molecular flexibility index (Phi) is 5.46. The normalized spacial score (nSPS) is 18.1. The van der Waals surface area contributed by atoms with Crippen LogP contribution in [0, 0.1) is 0 Å². The number of nitrogens with one attached hydrogen (secondary N) is 1. The Bertz CT molecular complexity index is 1210. The Balaban J connectivity index is 1.57. The number of H-pyrrole nitrogens is 1. The summed E-state index contributed by atoms with van der Waals surface area (Å²) in [4.78, 5) is 20.7. The molecule has 0 spiro atoms. The molecule has 4 rings (SSSR count). The fourth-order valence-corrected chi connectivity index (χ4v) is 5.05. The molecule has 2 heterocycles. The van der Waals surface area contributed by atoms with E-state index in [9.17, 15) is 31.5 Å². The number of anilines is 1. The summed E-state index contributed by atoms with van der Waals surface area (Å²) in [5.41, 5.74) is 1.44. The highest BCUT2D eigenvalue weighted by Gasteiger charge is 2.41. The molecule has 0 amide bonds. The van der Waals surface area contributed by atoms with Crippen molar-refractivity contribution in [3.8, 4) is 5.75 Å². The molecule has 2 N–H and O–H groups in total. The number of fused-ring (bicyclic) bond motifs is 1.